The van der Waals surface area contributed by atoms with Crippen LogP contribution in [0.4, 0.5) is 13.2 Å². The summed E-state index contributed by atoms with van der Waals surface area (Å²) >= 11 is 0. The predicted octanol–water partition coefficient (Wildman–Crippen LogP) is 3.69. The van der Waals surface area contributed by atoms with Gasteiger partial charge in [0.15, 0.2) is 0 Å². The van der Waals surface area contributed by atoms with E-state index < -0.39 is 42.2 Å². The third-order valence-electron chi connectivity index (χ3n) is 5.75. The number of aryl methyl sites for hydroxylation is 2. The van der Waals surface area contributed by atoms with Crippen molar-refractivity contribution in [2.45, 2.75) is 52.6 Å². The van der Waals surface area contributed by atoms with Crippen molar-refractivity contribution in [3.05, 3.63) is 70.3 Å². The quantitative estimate of drug-likeness (QED) is 0.472. The third-order valence-corrected chi connectivity index (χ3v) is 5.75. The summed E-state index contributed by atoms with van der Waals surface area (Å²) in [5.74, 6) is -1.47. The standard InChI is InChI=1S/C26H34F3N3O3/c1-16(2)24(34)22(15-32(5)14-20-10-9-17(3)11-18(20)4)31-23(33)13-30-25(35)19-7-6-8-21(12-19)26(27,28)29/h6-12,16,22,24,34H,13-15H2,1-5H3,(H,30,35)(H,31,33)/t22-,24+/m1/s1. The zero-order valence-electron chi connectivity index (χ0n) is 20.7. The molecule has 0 saturated heterocycles. The highest BCUT2D eigenvalue weighted by atomic mass is 19.4. The van der Waals surface area contributed by atoms with Gasteiger partial charge in [0.1, 0.15) is 0 Å². The lowest BCUT2D eigenvalue weighted by Gasteiger charge is -2.31. The number of nitrogens with zero attached hydrogens (tertiary/aromatic N) is 1. The Bertz CT molecular complexity index is 1020. The molecule has 0 unspecified atom stereocenters. The molecule has 0 saturated carbocycles. The molecule has 2 amide bonds. The number of halogens is 3. The first-order valence-electron chi connectivity index (χ1n) is 11.5. The molecule has 0 heterocycles. The van der Waals surface area contributed by atoms with E-state index in [4.69, 9.17) is 0 Å². The lowest BCUT2D eigenvalue weighted by molar-refractivity contribution is -0.137. The Morgan fingerprint density at radius 2 is 1.77 bits per heavy atom. The van der Waals surface area contributed by atoms with Gasteiger partial charge in [-0.05, 0) is 56.1 Å². The first-order valence-corrected chi connectivity index (χ1v) is 11.5. The van der Waals surface area contributed by atoms with Crippen LogP contribution in [-0.4, -0.2) is 54.1 Å². The molecule has 0 aromatic heterocycles. The summed E-state index contributed by atoms with van der Waals surface area (Å²) in [5, 5.41) is 15.8. The molecule has 9 heteroatoms. The van der Waals surface area contributed by atoms with Gasteiger partial charge in [-0.15, -0.1) is 0 Å². The van der Waals surface area contributed by atoms with Gasteiger partial charge in [-0.1, -0.05) is 43.7 Å². The van der Waals surface area contributed by atoms with Gasteiger partial charge in [0.2, 0.25) is 5.91 Å². The molecule has 2 aromatic rings. The fourth-order valence-corrected chi connectivity index (χ4v) is 3.78. The summed E-state index contributed by atoms with van der Waals surface area (Å²) in [4.78, 5) is 26.8. The number of nitrogens with one attached hydrogen (secondary N) is 2. The van der Waals surface area contributed by atoms with E-state index in [-0.39, 0.29) is 11.5 Å². The Morgan fingerprint density at radius 1 is 1.09 bits per heavy atom. The number of benzene rings is 2. The van der Waals surface area contributed by atoms with E-state index in [0.717, 1.165) is 29.3 Å². The van der Waals surface area contributed by atoms with Crippen LogP contribution in [0.25, 0.3) is 0 Å². The highest BCUT2D eigenvalue weighted by molar-refractivity contribution is 5.96. The monoisotopic (exact) mass is 493 g/mol. The molecule has 0 aliphatic heterocycles. The molecule has 35 heavy (non-hydrogen) atoms. The van der Waals surface area contributed by atoms with Crippen molar-refractivity contribution in [1.29, 1.82) is 0 Å². The van der Waals surface area contributed by atoms with Crippen molar-refractivity contribution in [3.8, 4) is 0 Å². The lowest BCUT2D eigenvalue weighted by Crippen LogP contribution is -2.53. The van der Waals surface area contributed by atoms with Crippen LogP contribution >= 0.6 is 0 Å². The van der Waals surface area contributed by atoms with E-state index in [1.807, 2.05) is 45.7 Å². The van der Waals surface area contributed by atoms with E-state index in [9.17, 15) is 27.9 Å². The van der Waals surface area contributed by atoms with Crippen LogP contribution < -0.4 is 10.6 Å². The zero-order valence-corrected chi connectivity index (χ0v) is 20.7. The van der Waals surface area contributed by atoms with Gasteiger partial charge in [-0.25, -0.2) is 0 Å². The second-order valence-corrected chi connectivity index (χ2v) is 9.30. The smallest absolute Gasteiger partial charge is 0.391 e. The maximum Gasteiger partial charge on any atom is 0.416 e. The Morgan fingerprint density at radius 3 is 2.37 bits per heavy atom. The minimum absolute atomic E-state index is 0.130. The molecule has 6 nitrogen and oxygen atoms in total. The average molecular weight is 494 g/mol. The maximum absolute atomic E-state index is 12.9. The van der Waals surface area contributed by atoms with Gasteiger partial charge >= 0.3 is 6.18 Å². The minimum atomic E-state index is -4.57. The number of alkyl halides is 3. The molecule has 0 fully saturated rings. The first kappa shape index (κ1) is 28.3. The number of aliphatic hydroxyl groups excluding tert-OH is 1. The number of aliphatic hydroxyl groups is 1. The summed E-state index contributed by atoms with van der Waals surface area (Å²) < 4.78 is 38.7. The van der Waals surface area contributed by atoms with Crippen LogP contribution in [0.15, 0.2) is 42.5 Å². The highest BCUT2D eigenvalue weighted by Gasteiger charge is 2.31. The summed E-state index contributed by atoms with van der Waals surface area (Å²) in [6.07, 6.45) is -5.41. The minimum Gasteiger partial charge on any atom is -0.391 e. The molecular weight excluding hydrogens is 459 g/mol. The van der Waals surface area contributed by atoms with E-state index in [1.54, 1.807) is 0 Å². The summed E-state index contributed by atoms with van der Waals surface area (Å²) in [6, 6.07) is 9.56. The normalized spacial score (nSPS) is 13.6. The Kier molecular flexibility index (Phi) is 9.85. The summed E-state index contributed by atoms with van der Waals surface area (Å²) in [7, 11) is 1.89. The summed E-state index contributed by atoms with van der Waals surface area (Å²) in [6.45, 7) is 8.28. The van der Waals surface area contributed by atoms with E-state index >= 15 is 0 Å². The number of hydrogen-bond acceptors (Lipinski definition) is 4. The van der Waals surface area contributed by atoms with E-state index in [2.05, 4.69) is 22.8 Å². The van der Waals surface area contributed by atoms with Gasteiger partial charge in [-0.2, -0.15) is 13.2 Å². The van der Waals surface area contributed by atoms with Crippen LogP contribution in [-0.2, 0) is 17.5 Å². The van der Waals surface area contributed by atoms with Gasteiger partial charge in [-0.3, -0.25) is 14.5 Å². The second kappa shape index (κ2) is 12.2. The Labute approximate surface area is 204 Å². The lowest BCUT2D eigenvalue weighted by atomic mass is 9.98. The summed E-state index contributed by atoms with van der Waals surface area (Å²) in [5.41, 5.74) is 2.32. The number of carbonyl (C=O) groups is 2. The molecule has 2 rings (SSSR count). The van der Waals surface area contributed by atoms with Crippen LogP contribution in [0.5, 0.6) is 0 Å². The largest absolute Gasteiger partial charge is 0.416 e. The molecule has 0 aliphatic rings. The van der Waals surface area contributed by atoms with Crippen molar-refractivity contribution < 1.29 is 27.9 Å². The molecule has 0 aliphatic carbocycles. The number of hydrogen-bond donors (Lipinski definition) is 3. The van der Waals surface area contributed by atoms with Gasteiger partial charge in [0.25, 0.3) is 5.91 Å². The fraction of sp³-hybridized carbons (Fsp3) is 0.462. The number of carbonyl (C=O) groups excluding carboxylic acids is 2. The predicted molar refractivity (Wildman–Crippen MR) is 129 cm³/mol. The molecule has 2 atom stereocenters. The van der Waals surface area contributed by atoms with Crippen LogP contribution in [0.3, 0.4) is 0 Å². The molecule has 2 aromatic carbocycles. The first-order chi connectivity index (χ1) is 16.3. The van der Waals surface area contributed by atoms with Crippen molar-refractivity contribution in [2.24, 2.45) is 5.92 Å². The topological polar surface area (TPSA) is 81.7 Å². The highest BCUT2D eigenvalue weighted by Crippen LogP contribution is 2.29. The van der Waals surface area contributed by atoms with Crippen LogP contribution in [0.1, 0.15) is 46.5 Å². The SMILES string of the molecule is Cc1ccc(CN(C)C[C@@H](NC(=O)CNC(=O)c2cccc(C(F)(F)F)c2)[C@@H](O)C(C)C)c(C)c1. The molecular formula is C26H34F3N3O3. The molecule has 0 radical (unpaired) electrons. The molecule has 0 spiro atoms. The van der Waals surface area contributed by atoms with Gasteiger partial charge in [0, 0.05) is 18.7 Å². The van der Waals surface area contributed by atoms with E-state index in [0.29, 0.717) is 13.1 Å². The third kappa shape index (κ3) is 8.67. The zero-order chi connectivity index (χ0) is 26.3. The Balaban J connectivity index is 1.99. The average Bonchev–Trinajstić information content (AvgIpc) is 2.77. The Hall–Kier alpha value is -2.91. The number of rotatable bonds is 10. The molecule has 3 N–H and O–H groups in total. The maximum atomic E-state index is 12.9. The van der Waals surface area contributed by atoms with Crippen molar-refractivity contribution in [1.82, 2.24) is 15.5 Å². The van der Waals surface area contributed by atoms with E-state index in [1.165, 1.54) is 11.6 Å². The van der Waals surface area contributed by atoms with Crippen LogP contribution in [0.2, 0.25) is 0 Å². The van der Waals surface area contributed by atoms with Crippen LogP contribution in [0, 0.1) is 19.8 Å². The van der Waals surface area contributed by atoms with Crippen molar-refractivity contribution in [2.75, 3.05) is 20.1 Å². The number of likely N-dealkylation sites (N-methyl/N-ethyl adjacent to an activating group) is 1. The van der Waals surface area contributed by atoms with Gasteiger partial charge in [0.05, 0.1) is 24.3 Å². The fourth-order valence-electron chi connectivity index (χ4n) is 3.78. The molecule has 0 bridgehead atoms. The van der Waals surface area contributed by atoms with Crippen molar-refractivity contribution >= 4 is 11.8 Å². The number of amides is 2. The van der Waals surface area contributed by atoms with Crippen molar-refractivity contribution in [3.63, 3.8) is 0 Å². The molecule has 192 valence electrons. The second-order valence-electron chi connectivity index (χ2n) is 9.30. The van der Waals surface area contributed by atoms with Gasteiger partial charge < -0.3 is 15.7 Å².